The number of aliphatic hydroxyl groups is 7. The fourth-order valence-electron chi connectivity index (χ4n) is 10.1. The number of nitrogens with zero attached hydrogens (tertiary/aromatic N) is 10. The molecule has 0 saturated carbocycles. The van der Waals surface area contributed by atoms with Gasteiger partial charge in [-0.2, -0.15) is 24.9 Å². The van der Waals surface area contributed by atoms with Gasteiger partial charge in [-0.1, -0.05) is 64.8 Å². The fraction of sp³-hybridized carbons (Fsp3) is 0.644. The van der Waals surface area contributed by atoms with Gasteiger partial charge in [0.25, 0.3) is 0 Å². The minimum Gasteiger partial charge on any atom is -0.394 e. The van der Waals surface area contributed by atoms with Crippen molar-refractivity contribution in [3.63, 3.8) is 0 Å². The van der Waals surface area contributed by atoms with Crippen molar-refractivity contribution in [2.45, 2.75) is 163 Å². The summed E-state index contributed by atoms with van der Waals surface area (Å²) < 4.78 is 59.4. The first-order valence-corrected chi connectivity index (χ1v) is 27.9. The first-order chi connectivity index (χ1) is 43.2. The van der Waals surface area contributed by atoms with Crippen LogP contribution in [-0.4, -0.2) is 212 Å². The third-order valence-electron chi connectivity index (χ3n) is 15.4. The van der Waals surface area contributed by atoms with Gasteiger partial charge in [-0.3, -0.25) is 22.8 Å². The van der Waals surface area contributed by atoms with E-state index in [1.807, 2.05) is 13.8 Å². The van der Waals surface area contributed by atoms with Gasteiger partial charge in [-0.15, -0.1) is 0 Å². The van der Waals surface area contributed by atoms with Crippen LogP contribution in [0.4, 0.5) is 29.1 Å². The maximum atomic E-state index is 11.8. The van der Waals surface area contributed by atoms with E-state index >= 15 is 0 Å². The number of hydrogen-bond acceptors (Lipinski definition) is 31. The molecule has 0 bridgehead atoms. The van der Waals surface area contributed by atoms with Crippen LogP contribution in [0.3, 0.4) is 0 Å². The van der Waals surface area contributed by atoms with Crippen molar-refractivity contribution in [1.29, 1.82) is 0 Å². The number of nitrogen functional groups attached to an aromatic ring is 5. The van der Waals surface area contributed by atoms with Crippen molar-refractivity contribution >= 4 is 29.1 Å². The van der Waals surface area contributed by atoms with E-state index in [1.54, 1.807) is 26.5 Å². The van der Waals surface area contributed by atoms with Crippen LogP contribution in [0.2, 0.25) is 0 Å². The Morgan fingerprint density at radius 3 is 0.938 bits per heavy atom. The molecule has 1 radical (unpaired) electrons. The Bertz CT molecular complexity index is 3050. The van der Waals surface area contributed by atoms with Crippen LogP contribution in [0.25, 0.3) is 0 Å². The van der Waals surface area contributed by atoms with Gasteiger partial charge < -0.3 is 114 Å². The topological polar surface area (TPSA) is 529 Å². The molecular weight excluding hydrogens is 1340 g/mol. The minimum atomic E-state index is -1.31. The Balaban J connectivity index is 0. The summed E-state index contributed by atoms with van der Waals surface area (Å²) in [5, 5.41) is 67.9. The number of hydrogen-bond donors (Lipinski definition) is 12. The molecular formula is C59H104N15O21Y-. The molecule has 0 aliphatic carbocycles. The molecule has 0 spiro atoms. The molecule has 20 atom stereocenters. The van der Waals surface area contributed by atoms with Gasteiger partial charge in [0.05, 0.1) is 51.3 Å². The molecule has 0 aromatic carbocycles. The molecule has 10 rings (SSSR count). The Labute approximate surface area is 584 Å². The number of ether oxygens (including phenoxy) is 9. The largest absolute Gasteiger partial charge is 0.394 e. The molecule has 5 aliphatic heterocycles. The maximum absolute atomic E-state index is 11.8. The van der Waals surface area contributed by atoms with Gasteiger partial charge >= 0.3 is 28.4 Å². The van der Waals surface area contributed by atoms with Crippen molar-refractivity contribution in [1.82, 2.24) is 47.8 Å². The number of rotatable bonds is 14. The third-order valence-corrected chi connectivity index (χ3v) is 15.4. The summed E-state index contributed by atoms with van der Waals surface area (Å²) in [6, 6.07) is 7.40. The van der Waals surface area contributed by atoms with E-state index in [9.17, 15) is 54.6 Å². The van der Waals surface area contributed by atoms with E-state index in [-0.39, 0.29) is 154 Å². The number of aliphatic hydroxyl groups excluding tert-OH is 7. The van der Waals surface area contributed by atoms with Crippen molar-refractivity contribution in [3.05, 3.63) is 121 Å². The number of anilines is 5. The molecule has 17 N–H and O–H groups in total. The van der Waals surface area contributed by atoms with Crippen molar-refractivity contribution < 1.29 is 112 Å². The molecule has 37 heteroatoms. The SMILES string of the molecule is C.C.C.C.C.COC[C@H]1O[C@@H](n2ccc(N)nc2=O)[C@H](C)C1C.COC[C@H]1O[C@@H](n2ccc(N)nc2=O)[C@H](C)C1O.COC[C@H]1O[C@@H](n2ccc(N)nc2=O)[C@H](O)C1C.COC[C@H]1O[C@@H](n2ccc(N)nc2=O)[C@H](O)C1O.Nc1ccn([C@@H]2O[C@H](CO)C(O)[C@H]2O)c(=O)n1.[3H][CH2-].[Y]. The molecule has 5 aromatic heterocycles. The van der Waals surface area contributed by atoms with Gasteiger partial charge in [0.15, 0.2) is 18.7 Å². The Morgan fingerprint density at radius 1 is 0.385 bits per heavy atom. The van der Waals surface area contributed by atoms with Crippen LogP contribution >= 0.6 is 0 Å². The number of aromatic nitrogens is 10. The van der Waals surface area contributed by atoms with E-state index in [1.165, 1.54) is 77.0 Å². The summed E-state index contributed by atoms with van der Waals surface area (Å²) in [6.45, 7) is 8.66. The molecule has 36 nitrogen and oxygen atoms in total. The molecule has 5 unspecified atom stereocenters. The monoisotopic (exact) mass is 1450 g/mol. The van der Waals surface area contributed by atoms with Gasteiger partial charge in [-0.25, -0.2) is 25.3 Å². The van der Waals surface area contributed by atoms with Crippen LogP contribution in [0.15, 0.2) is 85.3 Å². The summed E-state index contributed by atoms with van der Waals surface area (Å²) in [7, 11) is 8.69. The van der Waals surface area contributed by atoms with E-state index in [2.05, 4.69) is 46.2 Å². The summed E-state index contributed by atoms with van der Waals surface area (Å²) in [4.78, 5) is 76.3. The zero-order valence-electron chi connectivity index (χ0n) is 52.3. The van der Waals surface area contributed by atoms with Gasteiger partial charge in [0.2, 0.25) is 0 Å². The summed E-state index contributed by atoms with van der Waals surface area (Å²) in [5.41, 5.74) is 24.3. The quantitative estimate of drug-likeness (QED) is 0.0565. The predicted molar refractivity (Wildman–Crippen MR) is 351 cm³/mol. The standard InChI is InChI=1S/C12H19N3O3.2C11H17N3O4.C10H15N3O5.C9H13N3O5.5CH4.CH3.Y/c1-7-8(2)11(18-9(7)6-17-3)15-5-4-10(13)14-12(15)16;1-6-9(15)7(5-17-2)18-10(6)14-4-3-8(12)13-11(14)16;1-6-7(5-17-2)18-10(9(6)15)14-4-3-8(12)13-11(14)16;1-17-4-5-7(14)8(15)9(18-5)13-3-2-6(11)12-10(13)16;10-5-1-2-12(9(16)11-5)8-7(15)6(14)4(3-13)17-8;;;;;;;/h4-5,7-9,11H,6H2,1-3H3,(H2,13,14,16);2*3-4,6-7,9-10,15H,5H2,1-2H3,(H2,12,13,16);2-3,5,7-9,14-15H,4H2,1H3,(H2,11,12,16);1-2,4,6-8,13-15H,3H2,(H2,10,11,16);5*1H4;1H3;/q;;;;;;;;;;-1;/t7?,8-,9-,11-;6-,7-,9?,10-;6?,7-,9-,10-;5-,7?,8-,9-;4-,6?,7-,8-;;;;;;;/m11111......./s1/i;;;;;;;;;;1T;. The first kappa shape index (κ1) is 89.9. The molecule has 96 heavy (non-hydrogen) atoms. The summed E-state index contributed by atoms with van der Waals surface area (Å²) >= 11 is 0. The predicted octanol–water partition coefficient (Wildman–Crippen LogP) is -1.47. The maximum Gasteiger partial charge on any atom is 0.351 e. The molecule has 5 aromatic rings. The third kappa shape index (κ3) is 22.2. The zero-order valence-corrected chi connectivity index (χ0v) is 54.2. The molecule has 10 heterocycles. The van der Waals surface area contributed by atoms with Crippen molar-refractivity contribution in [3.8, 4) is 0 Å². The van der Waals surface area contributed by atoms with Crippen LogP contribution in [0, 0.1) is 31.1 Å². The van der Waals surface area contributed by atoms with E-state index in [0.717, 1.165) is 9.13 Å². The van der Waals surface area contributed by atoms with Crippen molar-refractivity contribution in [2.75, 3.05) is 90.1 Å². The Kier molecular flexibility index (Phi) is 39.3. The van der Waals surface area contributed by atoms with Gasteiger partial charge in [0, 0.05) is 110 Å². The molecule has 5 saturated heterocycles. The second kappa shape index (κ2) is 42.0. The molecule has 545 valence electrons. The van der Waals surface area contributed by atoms with Crippen molar-refractivity contribution in [2.24, 2.45) is 23.7 Å². The van der Waals surface area contributed by atoms with E-state index in [0.29, 0.717) is 19.1 Å². The average Bonchev–Trinajstić information content (AvgIpc) is 1.72. The number of nitrogens with two attached hydrogens (primary N) is 5. The molecule has 5 aliphatic rings. The van der Waals surface area contributed by atoms with Crippen LogP contribution in [-0.2, 0) is 75.3 Å². The molecule has 5 fully saturated rings. The summed E-state index contributed by atoms with van der Waals surface area (Å²) in [6.07, 6.45) is -5.10. The van der Waals surface area contributed by atoms with Crippen LogP contribution in [0.5, 0.6) is 0 Å². The zero-order chi connectivity index (χ0) is 67.7. The normalized spacial score (nSPS) is 29.7. The second-order valence-electron chi connectivity index (χ2n) is 21.4. The minimum absolute atomic E-state index is 0. The summed E-state index contributed by atoms with van der Waals surface area (Å²) in [5.74, 6) is 0.848. The smallest absolute Gasteiger partial charge is 0.351 e. The van der Waals surface area contributed by atoms with E-state index < -0.39 is 109 Å². The number of methoxy groups -OCH3 is 4. The van der Waals surface area contributed by atoms with Gasteiger partial charge in [-0.05, 0) is 36.2 Å². The first-order valence-electron chi connectivity index (χ1n) is 28.6. The second-order valence-corrected chi connectivity index (χ2v) is 21.4. The fourth-order valence-corrected chi connectivity index (χ4v) is 10.1. The Hall–Kier alpha value is -6.14. The van der Waals surface area contributed by atoms with E-state index in [4.69, 9.17) is 77.8 Å². The molecule has 0 amide bonds. The average molecular weight is 1450 g/mol. The van der Waals surface area contributed by atoms with Crippen LogP contribution in [0.1, 0.15) is 97.3 Å². The van der Waals surface area contributed by atoms with Crippen LogP contribution < -0.4 is 57.1 Å². The Morgan fingerprint density at radius 2 is 0.625 bits per heavy atom. The van der Waals surface area contributed by atoms with Gasteiger partial charge in [0.1, 0.15) is 90.4 Å².